The molecule has 1 aromatic heterocycles. The smallest absolute Gasteiger partial charge is 0.214 e. The highest BCUT2D eigenvalue weighted by Gasteiger charge is 2.18. The zero-order valence-electron chi connectivity index (χ0n) is 5.54. The van der Waals surface area contributed by atoms with Gasteiger partial charge in [0.25, 0.3) is 0 Å². The zero-order chi connectivity index (χ0) is 9.14. The number of nitrogens with zero attached hydrogens (tertiary/aromatic N) is 4. The highest BCUT2D eigenvalue weighted by molar-refractivity contribution is 7.93. The lowest BCUT2D eigenvalue weighted by Gasteiger charge is -1.93. The first-order valence-corrected chi connectivity index (χ1v) is 3.42. The van der Waals surface area contributed by atoms with Crippen LogP contribution in [0.2, 0.25) is 0 Å². The lowest BCUT2D eigenvalue weighted by Crippen LogP contribution is -2.11. The molecular weight excluding hydrogens is 184 g/mol. The Morgan fingerprint density at radius 3 is 3.00 bits per heavy atom. The van der Waals surface area contributed by atoms with Crippen molar-refractivity contribution in [1.29, 1.82) is 5.26 Å². The average molecular weight is 186 g/mol. The van der Waals surface area contributed by atoms with Crippen LogP contribution in [-0.4, -0.2) is 19.5 Å². The molecule has 0 fully saturated rings. The Bertz CT molecular complexity index is 354. The van der Waals surface area contributed by atoms with Crippen molar-refractivity contribution in [2.24, 2.45) is 0 Å². The molecule has 0 saturated heterocycles. The lowest BCUT2D eigenvalue weighted by atomic mass is 10.4. The second-order valence-electron chi connectivity index (χ2n) is 1.69. The van der Waals surface area contributed by atoms with Gasteiger partial charge in [-0.05, 0) is 0 Å². The van der Waals surface area contributed by atoms with E-state index in [1.54, 1.807) is 6.07 Å². The van der Waals surface area contributed by atoms with Gasteiger partial charge >= 0.3 is 0 Å². The van der Waals surface area contributed by atoms with Gasteiger partial charge in [0.05, 0.1) is 17.1 Å². The van der Waals surface area contributed by atoms with E-state index in [9.17, 15) is 10.1 Å². The van der Waals surface area contributed by atoms with Crippen molar-refractivity contribution in [3.05, 3.63) is 21.9 Å². The Labute approximate surface area is 70.5 Å². The molecule has 12 heavy (non-hydrogen) atoms. The average Bonchev–Trinajstić information content (AvgIpc) is 2.46. The molecule has 0 atom stereocenters. The Balaban J connectivity index is 3.25. The topological polar surface area (TPSA) is 105 Å². The van der Waals surface area contributed by atoms with E-state index in [1.165, 1.54) is 0 Å². The quantitative estimate of drug-likeness (QED) is 0.406. The van der Waals surface area contributed by atoms with Crippen LogP contribution in [0.15, 0.2) is 11.2 Å². The summed E-state index contributed by atoms with van der Waals surface area (Å²) in [7, 11) is 0. The van der Waals surface area contributed by atoms with E-state index in [1.807, 2.05) is 0 Å². The van der Waals surface area contributed by atoms with Crippen LogP contribution in [0.4, 0.5) is 0 Å². The van der Waals surface area contributed by atoms with Gasteiger partial charge in [-0.2, -0.15) is 5.26 Å². The van der Waals surface area contributed by atoms with E-state index >= 15 is 0 Å². The summed E-state index contributed by atoms with van der Waals surface area (Å²) in [6.07, 6.45) is 1.02. The van der Waals surface area contributed by atoms with Gasteiger partial charge in [-0.25, -0.2) is 0 Å². The van der Waals surface area contributed by atoms with E-state index in [0.717, 1.165) is 6.20 Å². The van der Waals surface area contributed by atoms with Crippen LogP contribution >= 0.6 is 12.0 Å². The molecule has 1 heterocycles. The predicted molar refractivity (Wildman–Crippen MR) is 37.8 cm³/mol. The largest absolute Gasteiger partial charge is 0.339 e. The highest BCUT2D eigenvalue weighted by Crippen LogP contribution is 2.18. The molecule has 7 nitrogen and oxygen atoms in total. The molecule has 0 spiro atoms. The highest BCUT2D eigenvalue weighted by atomic mass is 32.2. The molecule has 0 saturated carbocycles. The summed E-state index contributed by atoms with van der Waals surface area (Å²) in [5, 5.41) is 20.8. The Morgan fingerprint density at radius 1 is 1.92 bits per heavy atom. The van der Waals surface area contributed by atoms with Crippen LogP contribution in [0, 0.1) is 21.4 Å². The van der Waals surface area contributed by atoms with Crippen molar-refractivity contribution >= 4 is 12.0 Å². The van der Waals surface area contributed by atoms with Crippen LogP contribution in [0.3, 0.4) is 0 Å². The summed E-state index contributed by atoms with van der Waals surface area (Å²) >= 11 is 0.118. The molecule has 1 aromatic rings. The van der Waals surface area contributed by atoms with E-state index in [0.29, 0.717) is 4.79 Å². The summed E-state index contributed by atoms with van der Waals surface area (Å²) in [5.74, 6) is 0. The molecule has 62 valence electrons. The van der Waals surface area contributed by atoms with Gasteiger partial charge in [0.15, 0.2) is 6.20 Å². The Hall–Kier alpha value is -1.59. The fourth-order valence-electron chi connectivity index (χ4n) is 0.607. The van der Waals surface area contributed by atoms with Crippen LogP contribution in [0.1, 0.15) is 5.56 Å². The van der Waals surface area contributed by atoms with Crippen LogP contribution in [0.5, 0.6) is 0 Å². The third-order valence-electron chi connectivity index (χ3n) is 1.07. The van der Waals surface area contributed by atoms with E-state index in [-0.39, 0.29) is 22.6 Å². The second-order valence-corrected chi connectivity index (χ2v) is 2.26. The maximum absolute atomic E-state index is 10.2. The molecular formula is C4H2N4O3S. The van der Waals surface area contributed by atoms with Crippen LogP contribution in [-0.2, 0) is 0 Å². The van der Waals surface area contributed by atoms with Crippen molar-refractivity contribution in [2.45, 2.75) is 5.03 Å². The number of rotatable bonds is 2. The summed E-state index contributed by atoms with van der Waals surface area (Å²) in [6.45, 7) is 0. The number of hydrogen-bond acceptors (Lipinski definition) is 6. The molecule has 0 aliphatic carbocycles. The van der Waals surface area contributed by atoms with Gasteiger partial charge in [0.1, 0.15) is 11.6 Å². The number of nitriles is 1. The number of aromatic nitrogens is 2. The third-order valence-corrected chi connectivity index (χ3v) is 1.63. The van der Waals surface area contributed by atoms with Crippen molar-refractivity contribution in [2.75, 3.05) is 0 Å². The molecule has 1 N–H and O–H groups in total. The molecule has 1 rings (SSSR count). The van der Waals surface area contributed by atoms with Crippen molar-refractivity contribution in [3.63, 3.8) is 0 Å². The van der Waals surface area contributed by atoms with E-state index < -0.39 is 5.03 Å². The van der Waals surface area contributed by atoms with Crippen molar-refractivity contribution in [3.8, 4) is 6.07 Å². The zero-order valence-corrected chi connectivity index (χ0v) is 6.35. The van der Waals surface area contributed by atoms with Crippen molar-refractivity contribution in [1.82, 2.24) is 9.89 Å². The SMILES string of the molecule is N#Cc1cnn([N+](=O)[O-])c1SO. The van der Waals surface area contributed by atoms with Gasteiger partial charge in [-0.15, -0.1) is 0 Å². The number of hydrogen-bond donors (Lipinski definition) is 1. The van der Waals surface area contributed by atoms with Gasteiger partial charge in [-0.3, -0.25) is 0 Å². The van der Waals surface area contributed by atoms with Gasteiger partial charge in [0, 0.05) is 9.89 Å². The molecule has 0 radical (unpaired) electrons. The molecule has 0 bridgehead atoms. The maximum Gasteiger partial charge on any atom is 0.214 e. The normalized spacial score (nSPS) is 9.33. The summed E-state index contributed by atoms with van der Waals surface area (Å²) in [4.78, 5) is 10.5. The molecule has 8 heteroatoms. The first kappa shape index (κ1) is 8.51. The molecule has 0 aromatic carbocycles. The van der Waals surface area contributed by atoms with E-state index in [4.69, 9.17) is 9.81 Å². The molecule has 0 aliphatic heterocycles. The minimum Gasteiger partial charge on any atom is -0.339 e. The minimum atomic E-state index is -0.834. The third kappa shape index (κ3) is 1.23. The molecule has 0 unspecified atom stereocenters. The van der Waals surface area contributed by atoms with Gasteiger partial charge in [0.2, 0.25) is 5.03 Å². The molecule has 0 aliphatic rings. The first-order valence-electron chi connectivity index (χ1n) is 2.65. The number of nitro groups is 1. The fraction of sp³-hybridized carbons (Fsp3) is 0. The summed E-state index contributed by atoms with van der Waals surface area (Å²) in [6, 6.07) is 1.65. The predicted octanol–water partition coefficient (Wildman–Crippen LogP) is 0.360. The van der Waals surface area contributed by atoms with Gasteiger partial charge in [-0.1, -0.05) is 0 Å². The molecule has 0 amide bonds. The maximum atomic E-state index is 10.2. The Morgan fingerprint density at radius 2 is 2.58 bits per heavy atom. The Kier molecular flexibility index (Phi) is 2.27. The monoisotopic (exact) mass is 186 g/mol. The van der Waals surface area contributed by atoms with Crippen molar-refractivity contribution < 1.29 is 9.59 Å². The fourth-order valence-corrected chi connectivity index (χ4v) is 0.990. The second kappa shape index (κ2) is 3.21. The van der Waals surface area contributed by atoms with Crippen LogP contribution < -0.4 is 0 Å². The van der Waals surface area contributed by atoms with E-state index in [2.05, 4.69) is 5.10 Å². The lowest BCUT2D eigenvalue weighted by molar-refractivity contribution is -0.559. The first-order chi connectivity index (χ1) is 5.70. The summed E-state index contributed by atoms with van der Waals surface area (Å²) in [5.41, 5.74) is -0.0285. The minimum absolute atomic E-state index is 0.0285. The van der Waals surface area contributed by atoms with Crippen LogP contribution in [0.25, 0.3) is 0 Å². The standard InChI is InChI=1S/C4H2N4O3S/c5-1-3-2-6-7(8(9)10)4(3)12-11/h2,11H. The van der Waals surface area contributed by atoms with Gasteiger partial charge < -0.3 is 14.7 Å². The summed E-state index contributed by atoms with van der Waals surface area (Å²) < 4.78 is 8.57.